The molecule has 6 heteroatoms. The molecule has 23 heavy (non-hydrogen) atoms. The average molecular weight is 334 g/mol. The highest BCUT2D eigenvalue weighted by Crippen LogP contribution is 2.37. The first kappa shape index (κ1) is 16.5. The predicted molar refractivity (Wildman–Crippen MR) is 90.1 cm³/mol. The summed E-state index contributed by atoms with van der Waals surface area (Å²) in [6, 6.07) is 9.45. The van der Waals surface area contributed by atoms with Crippen molar-refractivity contribution >= 4 is 23.5 Å². The second-order valence-electron chi connectivity index (χ2n) is 6.18. The Hall–Kier alpha value is -1.37. The number of ketones is 1. The van der Waals surface area contributed by atoms with Crippen molar-refractivity contribution in [1.29, 1.82) is 0 Å². The van der Waals surface area contributed by atoms with Gasteiger partial charge in [0.25, 0.3) is 0 Å². The lowest BCUT2D eigenvalue weighted by molar-refractivity contribution is -0.130. The van der Waals surface area contributed by atoms with Gasteiger partial charge in [-0.1, -0.05) is 30.3 Å². The van der Waals surface area contributed by atoms with Crippen LogP contribution in [0.4, 0.5) is 0 Å². The largest absolute Gasteiger partial charge is 0.367 e. The van der Waals surface area contributed by atoms with Gasteiger partial charge in [-0.3, -0.25) is 9.59 Å². The Morgan fingerprint density at radius 1 is 1.43 bits per heavy atom. The van der Waals surface area contributed by atoms with Crippen LogP contribution in [0.5, 0.6) is 0 Å². The first-order valence-electron chi connectivity index (χ1n) is 7.96. The van der Waals surface area contributed by atoms with Crippen LogP contribution >= 0.6 is 11.8 Å². The van der Waals surface area contributed by atoms with E-state index < -0.39 is 11.6 Å². The molecule has 1 amide bonds. The van der Waals surface area contributed by atoms with Gasteiger partial charge in [-0.2, -0.15) is 11.8 Å². The molecule has 1 heterocycles. The number of carbonyl (C=O) groups is 2. The summed E-state index contributed by atoms with van der Waals surface area (Å²) in [5.74, 6) is 1.07. The zero-order valence-electron chi connectivity index (χ0n) is 13.0. The number of ether oxygens (including phenoxy) is 1. The summed E-state index contributed by atoms with van der Waals surface area (Å²) in [6.45, 7) is 0.100. The molecule has 0 radical (unpaired) electrons. The van der Waals surface area contributed by atoms with Crippen molar-refractivity contribution in [2.24, 2.45) is 5.73 Å². The van der Waals surface area contributed by atoms with Gasteiger partial charge >= 0.3 is 0 Å². The van der Waals surface area contributed by atoms with E-state index in [9.17, 15) is 9.59 Å². The lowest BCUT2D eigenvalue weighted by atomic mass is 9.92. The molecule has 1 aliphatic heterocycles. The predicted octanol–water partition coefficient (Wildman–Crippen LogP) is 1.25. The number of nitrogens with two attached hydrogens (primary N) is 1. The number of hydrogen-bond donors (Lipinski definition) is 2. The minimum Gasteiger partial charge on any atom is -0.367 e. The number of fused-ring (bicyclic) bond motifs is 1. The lowest BCUT2D eigenvalue weighted by Gasteiger charge is -2.28. The van der Waals surface area contributed by atoms with E-state index >= 15 is 0 Å². The van der Waals surface area contributed by atoms with Crippen LogP contribution in [0.3, 0.4) is 0 Å². The number of nitrogens with one attached hydrogen (secondary N) is 1. The zero-order valence-corrected chi connectivity index (χ0v) is 13.8. The van der Waals surface area contributed by atoms with Crippen LogP contribution in [0.15, 0.2) is 30.3 Å². The minimum atomic E-state index is -0.821. The molecule has 3 rings (SSSR count). The van der Waals surface area contributed by atoms with Gasteiger partial charge in [0.05, 0.1) is 12.1 Å². The number of Topliss-reactive ketones (excluding diaryl/α,β-unsaturated/α-hetero) is 1. The molecular formula is C17H22N2O3S. The molecule has 0 spiro atoms. The summed E-state index contributed by atoms with van der Waals surface area (Å²) < 4.78 is 5.50. The van der Waals surface area contributed by atoms with Gasteiger partial charge in [-0.05, 0) is 24.8 Å². The molecule has 1 saturated heterocycles. The minimum absolute atomic E-state index is 0.0162. The van der Waals surface area contributed by atoms with E-state index in [1.54, 1.807) is 11.8 Å². The van der Waals surface area contributed by atoms with E-state index in [0.717, 1.165) is 18.6 Å². The molecule has 3 unspecified atom stereocenters. The molecule has 2 fully saturated rings. The fraction of sp³-hybridized carbons (Fsp3) is 0.529. The third-order valence-corrected chi connectivity index (χ3v) is 5.72. The van der Waals surface area contributed by atoms with Gasteiger partial charge in [0.15, 0.2) is 5.78 Å². The standard InChI is InChI=1S/C17H22N2O3S/c18-13(11-23-10-12-5-2-1-3-6-12)16(21)19-17-8-4-7-15(17)22-9-14(17)20/h1-3,5-6,13,15H,4,7-11,18H2,(H,19,21). The normalized spacial score (nSPS) is 27.7. The molecule has 0 aromatic heterocycles. The van der Waals surface area contributed by atoms with Crippen LogP contribution < -0.4 is 11.1 Å². The Morgan fingerprint density at radius 3 is 3.00 bits per heavy atom. The van der Waals surface area contributed by atoms with E-state index in [1.807, 2.05) is 18.2 Å². The monoisotopic (exact) mass is 334 g/mol. The fourth-order valence-corrected chi connectivity index (χ4v) is 4.25. The van der Waals surface area contributed by atoms with Crippen molar-refractivity contribution in [1.82, 2.24) is 5.32 Å². The average Bonchev–Trinajstić information content (AvgIpc) is 3.09. The Kier molecular flexibility index (Phi) is 5.04. The summed E-state index contributed by atoms with van der Waals surface area (Å²) in [5.41, 5.74) is 6.39. The number of carbonyl (C=O) groups excluding carboxylic acids is 2. The van der Waals surface area contributed by atoms with Crippen LogP contribution in [0.2, 0.25) is 0 Å². The summed E-state index contributed by atoms with van der Waals surface area (Å²) >= 11 is 1.62. The molecule has 1 saturated carbocycles. The quantitative estimate of drug-likeness (QED) is 0.818. The maximum Gasteiger partial charge on any atom is 0.238 e. The van der Waals surface area contributed by atoms with E-state index in [-0.39, 0.29) is 24.4 Å². The topological polar surface area (TPSA) is 81.4 Å². The van der Waals surface area contributed by atoms with E-state index in [1.165, 1.54) is 5.56 Å². The van der Waals surface area contributed by atoms with Crippen molar-refractivity contribution in [2.75, 3.05) is 12.4 Å². The number of amides is 1. The van der Waals surface area contributed by atoms with Crippen molar-refractivity contribution < 1.29 is 14.3 Å². The first-order chi connectivity index (χ1) is 11.1. The first-order valence-corrected chi connectivity index (χ1v) is 9.11. The van der Waals surface area contributed by atoms with Gasteiger partial charge in [0.2, 0.25) is 5.91 Å². The van der Waals surface area contributed by atoms with Crippen LogP contribution in [-0.4, -0.2) is 41.7 Å². The van der Waals surface area contributed by atoms with E-state index in [4.69, 9.17) is 10.5 Å². The summed E-state index contributed by atoms with van der Waals surface area (Å²) in [4.78, 5) is 24.5. The highest BCUT2D eigenvalue weighted by atomic mass is 32.2. The lowest BCUT2D eigenvalue weighted by Crippen LogP contribution is -2.59. The highest BCUT2D eigenvalue weighted by Gasteiger charge is 2.55. The van der Waals surface area contributed by atoms with E-state index in [2.05, 4.69) is 17.4 Å². The summed E-state index contributed by atoms with van der Waals surface area (Å²) in [5, 5.41) is 2.90. The van der Waals surface area contributed by atoms with Gasteiger partial charge in [-0.25, -0.2) is 0 Å². The van der Waals surface area contributed by atoms with Crippen LogP contribution in [0.25, 0.3) is 0 Å². The molecule has 2 aliphatic rings. The number of rotatable bonds is 6. The maximum absolute atomic E-state index is 12.4. The van der Waals surface area contributed by atoms with Crippen molar-refractivity contribution in [2.45, 2.75) is 42.7 Å². The number of benzene rings is 1. The Labute approximate surface area is 140 Å². The zero-order chi connectivity index (χ0) is 16.3. The second kappa shape index (κ2) is 7.03. The third kappa shape index (κ3) is 3.44. The Balaban J connectivity index is 1.51. The van der Waals surface area contributed by atoms with Gasteiger partial charge in [-0.15, -0.1) is 0 Å². The van der Waals surface area contributed by atoms with Gasteiger partial charge in [0, 0.05) is 11.5 Å². The second-order valence-corrected chi connectivity index (χ2v) is 7.21. The molecule has 3 atom stereocenters. The molecule has 1 aliphatic carbocycles. The SMILES string of the molecule is NC(CSCc1ccccc1)C(=O)NC12CCCC1OCC2=O. The van der Waals surface area contributed by atoms with Crippen LogP contribution in [0, 0.1) is 0 Å². The van der Waals surface area contributed by atoms with Crippen molar-refractivity contribution in [3.05, 3.63) is 35.9 Å². The molecule has 1 aromatic carbocycles. The van der Waals surface area contributed by atoms with E-state index in [0.29, 0.717) is 12.2 Å². The molecule has 3 N–H and O–H groups in total. The number of hydrogen-bond acceptors (Lipinski definition) is 5. The molecule has 5 nitrogen and oxygen atoms in total. The van der Waals surface area contributed by atoms with Crippen molar-refractivity contribution in [3.8, 4) is 0 Å². The summed E-state index contributed by atoms with van der Waals surface area (Å²) in [6.07, 6.45) is 2.20. The molecular weight excluding hydrogens is 312 g/mol. The van der Waals surface area contributed by atoms with Gasteiger partial charge in [0.1, 0.15) is 12.1 Å². The van der Waals surface area contributed by atoms with Crippen molar-refractivity contribution in [3.63, 3.8) is 0 Å². The summed E-state index contributed by atoms with van der Waals surface area (Å²) in [7, 11) is 0. The Morgan fingerprint density at radius 2 is 2.22 bits per heavy atom. The Bertz CT molecular complexity index is 580. The molecule has 1 aromatic rings. The highest BCUT2D eigenvalue weighted by molar-refractivity contribution is 7.98. The maximum atomic E-state index is 12.4. The van der Waals surface area contributed by atoms with Crippen LogP contribution in [0.1, 0.15) is 24.8 Å². The third-order valence-electron chi connectivity index (χ3n) is 4.59. The fourth-order valence-electron chi connectivity index (χ4n) is 3.30. The molecule has 124 valence electrons. The molecule has 0 bridgehead atoms. The van der Waals surface area contributed by atoms with Crippen LogP contribution in [-0.2, 0) is 20.1 Å². The van der Waals surface area contributed by atoms with Gasteiger partial charge < -0.3 is 15.8 Å². The smallest absolute Gasteiger partial charge is 0.238 e. The number of thioether (sulfide) groups is 1.